The molecule has 0 amide bonds. The number of aliphatic carboxylic acids is 1. The van der Waals surface area contributed by atoms with Gasteiger partial charge >= 0.3 is 5.97 Å². The fourth-order valence-electron chi connectivity index (χ4n) is 0.751. The van der Waals surface area contributed by atoms with Gasteiger partial charge in [0.05, 0.1) is 11.4 Å². The Hall–Kier alpha value is -1.16. The highest BCUT2D eigenvalue weighted by Gasteiger charge is 2.07. The summed E-state index contributed by atoms with van der Waals surface area (Å²) in [5.41, 5.74) is -0.00463. The molecule has 0 saturated heterocycles. The van der Waals surface area contributed by atoms with E-state index in [0.29, 0.717) is 0 Å². The smallest absolute Gasteiger partial charge is 0.307 e. The van der Waals surface area contributed by atoms with Gasteiger partial charge in [-0.1, -0.05) is 11.6 Å². The van der Waals surface area contributed by atoms with Crippen molar-refractivity contribution in [3.63, 3.8) is 0 Å². The molecule has 0 aliphatic rings. The van der Waals surface area contributed by atoms with Gasteiger partial charge < -0.3 is 5.11 Å². The number of hydrogen-bond acceptors (Lipinski definition) is 2. The average Bonchev–Trinajstić information content (AvgIpc) is 1.96. The molecule has 0 atom stereocenters. The highest BCUT2D eigenvalue weighted by atomic mass is 35.5. The molecular formula is C7H5ClFNO2. The van der Waals surface area contributed by atoms with E-state index in [2.05, 4.69) is 4.98 Å². The van der Waals surface area contributed by atoms with Gasteiger partial charge in [-0.15, -0.1) is 0 Å². The molecule has 1 N–H and O–H groups in total. The van der Waals surface area contributed by atoms with Gasteiger partial charge in [0.15, 0.2) is 0 Å². The second kappa shape index (κ2) is 3.49. The van der Waals surface area contributed by atoms with Crippen molar-refractivity contribution in [1.82, 2.24) is 4.98 Å². The second-order valence-electron chi connectivity index (χ2n) is 2.17. The third-order valence-electron chi connectivity index (χ3n) is 1.22. The Labute approximate surface area is 72.8 Å². The number of carbonyl (C=O) groups is 1. The number of carboxylic acid groups (broad SMARTS) is 1. The van der Waals surface area contributed by atoms with Crippen LogP contribution >= 0.6 is 11.6 Å². The standard InChI is InChI=1S/C7H5ClFNO2/c8-5-1-4(2-6(11)12)7(9)10-3-5/h1,3H,2H2,(H,11,12). The van der Waals surface area contributed by atoms with Crippen molar-refractivity contribution in [3.8, 4) is 0 Å². The summed E-state index contributed by atoms with van der Waals surface area (Å²) in [6.45, 7) is 0. The van der Waals surface area contributed by atoms with Gasteiger partial charge in [0, 0.05) is 11.8 Å². The Morgan fingerprint density at radius 2 is 2.42 bits per heavy atom. The lowest BCUT2D eigenvalue weighted by Crippen LogP contribution is -2.03. The minimum absolute atomic E-state index is 0.00463. The first-order valence-electron chi connectivity index (χ1n) is 3.11. The highest BCUT2D eigenvalue weighted by molar-refractivity contribution is 6.30. The fraction of sp³-hybridized carbons (Fsp3) is 0.143. The molecule has 1 aromatic rings. The maximum absolute atomic E-state index is 12.7. The number of carboxylic acids is 1. The fourth-order valence-corrected chi connectivity index (χ4v) is 0.932. The molecule has 64 valence electrons. The van der Waals surface area contributed by atoms with Gasteiger partial charge in [-0.2, -0.15) is 4.39 Å². The number of pyridine rings is 1. The van der Waals surface area contributed by atoms with Crippen LogP contribution in [0.2, 0.25) is 5.02 Å². The van der Waals surface area contributed by atoms with E-state index in [1.165, 1.54) is 6.07 Å². The van der Waals surface area contributed by atoms with Crippen molar-refractivity contribution >= 4 is 17.6 Å². The largest absolute Gasteiger partial charge is 0.481 e. The van der Waals surface area contributed by atoms with Crippen LogP contribution < -0.4 is 0 Å². The summed E-state index contributed by atoms with van der Waals surface area (Å²) in [7, 11) is 0. The lowest BCUT2D eigenvalue weighted by molar-refractivity contribution is -0.136. The van der Waals surface area contributed by atoms with Gasteiger partial charge in [-0.05, 0) is 6.07 Å². The van der Waals surface area contributed by atoms with Gasteiger partial charge in [0.2, 0.25) is 5.95 Å². The molecular weight excluding hydrogens is 185 g/mol. The maximum atomic E-state index is 12.7. The third kappa shape index (κ3) is 2.17. The van der Waals surface area contributed by atoms with Crippen LogP contribution in [0.4, 0.5) is 4.39 Å². The van der Waals surface area contributed by atoms with E-state index < -0.39 is 18.3 Å². The van der Waals surface area contributed by atoms with Gasteiger partial charge in [-0.3, -0.25) is 4.79 Å². The first kappa shape index (κ1) is 8.93. The van der Waals surface area contributed by atoms with Crippen molar-refractivity contribution in [2.45, 2.75) is 6.42 Å². The first-order valence-corrected chi connectivity index (χ1v) is 3.49. The molecule has 1 aromatic heterocycles. The molecule has 1 heterocycles. The molecule has 0 bridgehead atoms. The van der Waals surface area contributed by atoms with Crippen LogP contribution in [0.1, 0.15) is 5.56 Å². The average molecular weight is 190 g/mol. The Balaban J connectivity index is 2.97. The van der Waals surface area contributed by atoms with Crippen molar-refractivity contribution in [3.05, 3.63) is 28.8 Å². The summed E-state index contributed by atoms with van der Waals surface area (Å²) in [4.78, 5) is 13.5. The van der Waals surface area contributed by atoms with E-state index in [1.54, 1.807) is 0 Å². The minimum atomic E-state index is -1.11. The molecule has 5 heteroatoms. The highest BCUT2D eigenvalue weighted by Crippen LogP contribution is 2.12. The van der Waals surface area contributed by atoms with Crippen LogP contribution in [0.15, 0.2) is 12.3 Å². The van der Waals surface area contributed by atoms with Crippen molar-refractivity contribution in [2.75, 3.05) is 0 Å². The number of aromatic nitrogens is 1. The SMILES string of the molecule is O=C(O)Cc1cc(Cl)cnc1F. The zero-order valence-corrected chi connectivity index (χ0v) is 6.68. The summed E-state index contributed by atoms with van der Waals surface area (Å²) in [6.07, 6.45) is 0.724. The summed E-state index contributed by atoms with van der Waals surface area (Å²) < 4.78 is 12.7. The van der Waals surface area contributed by atoms with E-state index >= 15 is 0 Å². The minimum Gasteiger partial charge on any atom is -0.481 e. The van der Waals surface area contributed by atoms with Crippen LogP contribution in [0, 0.1) is 5.95 Å². The molecule has 12 heavy (non-hydrogen) atoms. The Morgan fingerprint density at radius 1 is 1.75 bits per heavy atom. The molecule has 0 saturated carbocycles. The van der Waals surface area contributed by atoms with Crippen LogP contribution in [-0.4, -0.2) is 16.1 Å². The lowest BCUT2D eigenvalue weighted by Gasteiger charge is -1.98. The Kier molecular flexibility index (Phi) is 2.60. The molecule has 0 spiro atoms. The van der Waals surface area contributed by atoms with Crippen LogP contribution in [0.3, 0.4) is 0 Å². The second-order valence-corrected chi connectivity index (χ2v) is 2.61. The first-order chi connectivity index (χ1) is 5.59. The number of hydrogen-bond donors (Lipinski definition) is 1. The van der Waals surface area contributed by atoms with Crippen molar-refractivity contribution < 1.29 is 14.3 Å². The van der Waals surface area contributed by atoms with Gasteiger partial charge in [-0.25, -0.2) is 4.98 Å². The quantitative estimate of drug-likeness (QED) is 0.718. The summed E-state index contributed by atoms with van der Waals surface area (Å²) >= 11 is 5.48. The zero-order valence-electron chi connectivity index (χ0n) is 5.92. The van der Waals surface area contributed by atoms with Crippen molar-refractivity contribution in [1.29, 1.82) is 0 Å². The van der Waals surface area contributed by atoms with Gasteiger partial charge in [0.25, 0.3) is 0 Å². The van der Waals surface area contributed by atoms with E-state index in [1.807, 2.05) is 0 Å². The molecule has 0 aliphatic heterocycles. The monoisotopic (exact) mass is 189 g/mol. The van der Waals surface area contributed by atoms with Crippen LogP contribution in [0.5, 0.6) is 0 Å². The van der Waals surface area contributed by atoms with Gasteiger partial charge in [0.1, 0.15) is 0 Å². The summed E-state index contributed by atoms with van der Waals surface area (Å²) in [6, 6.07) is 1.25. The zero-order chi connectivity index (χ0) is 9.14. The van der Waals surface area contributed by atoms with Crippen molar-refractivity contribution in [2.24, 2.45) is 0 Å². The lowest BCUT2D eigenvalue weighted by atomic mass is 10.2. The Bertz CT molecular complexity index is 316. The number of halogens is 2. The summed E-state index contributed by atoms with van der Waals surface area (Å²) in [5.74, 6) is -1.90. The number of rotatable bonds is 2. The molecule has 3 nitrogen and oxygen atoms in total. The molecule has 0 aliphatic carbocycles. The Morgan fingerprint density at radius 3 is 3.00 bits per heavy atom. The molecule has 0 aromatic carbocycles. The van der Waals surface area contributed by atoms with E-state index in [0.717, 1.165) is 6.20 Å². The topological polar surface area (TPSA) is 50.2 Å². The molecule has 0 unspecified atom stereocenters. The maximum Gasteiger partial charge on any atom is 0.307 e. The third-order valence-corrected chi connectivity index (χ3v) is 1.43. The molecule has 1 rings (SSSR count). The van der Waals surface area contributed by atoms with E-state index in [9.17, 15) is 9.18 Å². The van der Waals surface area contributed by atoms with Crippen LogP contribution in [0.25, 0.3) is 0 Å². The predicted molar refractivity (Wildman–Crippen MR) is 40.5 cm³/mol. The van der Waals surface area contributed by atoms with E-state index in [-0.39, 0.29) is 10.6 Å². The van der Waals surface area contributed by atoms with Crippen LogP contribution in [-0.2, 0) is 11.2 Å². The predicted octanol–water partition coefficient (Wildman–Crippen LogP) is 1.50. The summed E-state index contributed by atoms with van der Waals surface area (Å²) in [5, 5.41) is 8.57. The number of nitrogens with zero attached hydrogens (tertiary/aromatic N) is 1. The molecule has 0 fully saturated rings. The molecule has 0 radical (unpaired) electrons. The normalized spacial score (nSPS) is 9.83. The van der Waals surface area contributed by atoms with E-state index in [4.69, 9.17) is 16.7 Å².